The van der Waals surface area contributed by atoms with Crippen molar-refractivity contribution in [3.8, 4) is 10.4 Å². The van der Waals surface area contributed by atoms with Gasteiger partial charge in [-0.05, 0) is 49.7 Å². The van der Waals surface area contributed by atoms with Crippen LogP contribution in [0.4, 0.5) is 0 Å². The maximum Gasteiger partial charge on any atom is 0.245 e. The molecule has 1 aromatic carbocycles. The Balaban J connectivity index is 1.40. The second-order valence-corrected chi connectivity index (χ2v) is 11.7. The molecule has 0 radical (unpaired) electrons. The molecule has 3 N–H and O–H groups in total. The van der Waals surface area contributed by atoms with Crippen molar-refractivity contribution in [2.45, 2.75) is 84.5 Å². The van der Waals surface area contributed by atoms with Crippen LogP contribution in [-0.4, -0.2) is 57.4 Å². The molecule has 0 spiro atoms. The number of benzene rings is 1. The van der Waals surface area contributed by atoms with Crippen LogP contribution in [0.1, 0.15) is 64.1 Å². The number of nitrogens with one attached hydrogen (secondary N) is 2. The highest BCUT2D eigenvalue weighted by molar-refractivity contribution is 7.13. The van der Waals surface area contributed by atoms with E-state index in [-0.39, 0.29) is 42.0 Å². The number of thiazole rings is 1. The first-order valence-corrected chi connectivity index (χ1v) is 14.1. The maximum atomic E-state index is 13.6. The van der Waals surface area contributed by atoms with Crippen molar-refractivity contribution in [1.29, 1.82) is 0 Å². The molecule has 1 aliphatic carbocycles. The molecule has 3 amide bonds. The summed E-state index contributed by atoms with van der Waals surface area (Å²) in [4.78, 5) is 46.5. The van der Waals surface area contributed by atoms with Crippen molar-refractivity contribution in [3.05, 3.63) is 41.0 Å². The van der Waals surface area contributed by atoms with Gasteiger partial charge in [0, 0.05) is 24.9 Å². The second kappa shape index (κ2) is 11.3. The summed E-state index contributed by atoms with van der Waals surface area (Å²) in [5.74, 6) is -0.488. The van der Waals surface area contributed by atoms with Crippen LogP contribution in [-0.2, 0) is 20.9 Å². The van der Waals surface area contributed by atoms with Crippen LogP contribution in [0, 0.1) is 18.3 Å². The summed E-state index contributed by atoms with van der Waals surface area (Å²) in [6, 6.07) is 6.49. The van der Waals surface area contributed by atoms with Crippen LogP contribution in [0.3, 0.4) is 0 Å². The predicted molar refractivity (Wildman–Crippen MR) is 144 cm³/mol. The topological polar surface area (TPSA) is 112 Å². The Morgan fingerprint density at radius 1 is 1.22 bits per heavy atom. The van der Waals surface area contributed by atoms with E-state index < -0.39 is 18.2 Å². The van der Waals surface area contributed by atoms with Gasteiger partial charge in [0.1, 0.15) is 12.1 Å². The number of aromatic nitrogens is 1. The third-order valence-corrected chi connectivity index (χ3v) is 8.59. The van der Waals surface area contributed by atoms with Crippen molar-refractivity contribution in [2.75, 3.05) is 6.54 Å². The Labute approximate surface area is 222 Å². The van der Waals surface area contributed by atoms with Crippen molar-refractivity contribution >= 4 is 29.1 Å². The molecule has 9 heteroatoms. The number of hydrogen-bond donors (Lipinski definition) is 3. The van der Waals surface area contributed by atoms with Gasteiger partial charge in [-0.3, -0.25) is 14.4 Å². The number of rotatable bonds is 10. The lowest BCUT2D eigenvalue weighted by atomic mass is 9.98. The third kappa shape index (κ3) is 6.21. The third-order valence-electron chi connectivity index (χ3n) is 7.62. The Morgan fingerprint density at radius 3 is 2.49 bits per heavy atom. The maximum absolute atomic E-state index is 13.6. The number of aliphatic hydroxyl groups is 1. The number of nitrogens with zero attached hydrogens (tertiary/aromatic N) is 2. The Hall–Kier alpha value is -2.78. The summed E-state index contributed by atoms with van der Waals surface area (Å²) < 4.78 is 0. The Morgan fingerprint density at radius 2 is 1.92 bits per heavy atom. The fourth-order valence-electron chi connectivity index (χ4n) is 5.06. The zero-order chi connectivity index (χ0) is 26.7. The molecule has 1 saturated heterocycles. The van der Waals surface area contributed by atoms with Gasteiger partial charge in [0.15, 0.2) is 0 Å². The molecule has 200 valence electrons. The molecule has 2 aromatic rings. The lowest BCUT2D eigenvalue weighted by molar-refractivity contribution is -0.142. The fourth-order valence-corrected chi connectivity index (χ4v) is 5.87. The molecule has 3 atom stereocenters. The van der Waals surface area contributed by atoms with E-state index >= 15 is 0 Å². The van der Waals surface area contributed by atoms with Crippen LogP contribution in [0.25, 0.3) is 10.4 Å². The minimum Gasteiger partial charge on any atom is -0.391 e. The smallest absolute Gasteiger partial charge is 0.245 e. The van der Waals surface area contributed by atoms with Gasteiger partial charge in [0.2, 0.25) is 17.7 Å². The van der Waals surface area contributed by atoms with E-state index in [2.05, 4.69) is 15.6 Å². The number of amides is 3. The molecular formula is C28H38N4O4S. The summed E-state index contributed by atoms with van der Waals surface area (Å²) in [6.07, 6.45) is 2.33. The molecule has 1 aliphatic heterocycles. The largest absolute Gasteiger partial charge is 0.391 e. The van der Waals surface area contributed by atoms with Crippen LogP contribution >= 0.6 is 11.3 Å². The van der Waals surface area contributed by atoms with Gasteiger partial charge >= 0.3 is 0 Å². The predicted octanol–water partition coefficient (Wildman–Crippen LogP) is 3.42. The molecule has 37 heavy (non-hydrogen) atoms. The Kier molecular flexibility index (Phi) is 8.33. The number of likely N-dealkylation sites (tertiary alicyclic amines) is 1. The lowest BCUT2D eigenvalue weighted by Crippen LogP contribution is -2.54. The number of carbonyl (C=O) groups excluding carboxylic acids is 3. The van der Waals surface area contributed by atoms with Crippen molar-refractivity contribution < 1.29 is 19.5 Å². The van der Waals surface area contributed by atoms with E-state index in [0.29, 0.717) is 13.0 Å². The van der Waals surface area contributed by atoms with Gasteiger partial charge in [0.05, 0.1) is 22.2 Å². The van der Waals surface area contributed by atoms with E-state index in [1.807, 2.05) is 57.5 Å². The first-order chi connectivity index (χ1) is 17.6. The first kappa shape index (κ1) is 27.3. The summed E-state index contributed by atoms with van der Waals surface area (Å²) in [5, 5.41) is 16.3. The monoisotopic (exact) mass is 526 g/mol. The minimum absolute atomic E-state index is 0.0771. The van der Waals surface area contributed by atoms with E-state index in [1.165, 1.54) is 4.90 Å². The van der Waals surface area contributed by atoms with Crippen molar-refractivity contribution in [1.82, 2.24) is 20.5 Å². The van der Waals surface area contributed by atoms with Gasteiger partial charge in [-0.25, -0.2) is 4.98 Å². The van der Waals surface area contributed by atoms with E-state index in [9.17, 15) is 19.5 Å². The van der Waals surface area contributed by atoms with Crippen LogP contribution in [0.15, 0.2) is 29.8 Å². The van der Waals surface area contributed by atoms with Crippen LogP contribution in [0.2, 0.25) is 0 Å². The normalized spacial score (nSPS) is 21.1. The van der Waals surface area contributed by atoms with Gasteiger partial charge in [0.25, 0.3) is 0 Å². The van der Waals surface area contributed by atoms with Crippen molar-refractivity contribution in [2.24, 2.45) is 11.3 Å². The number of carbonyl (C=O) groups is 3. The molecule has 2 heterocycles. The van der Waals surface area contributed by atoms with Crippen LogP contribution < -0.4 is 10.6 Å². The summed E-state index contributed by atoms with van der Waals surface area (Å²) in [5.41, 5.74) is 4.48. The molecule has 1 saturated carbocycles. The van der Waals surface area contributed by atoms with Gasteiger partial charge in [-0.2, -0.15) is 0 Å². The average Bonchev–Trinajstić information content (AvgIpc) is 3.42. The highest BCUT2D eigenvalue weighted by atomic mass is 32.1. The second-order valence-electron chi connectivity index (χ2n) is 10.9. The van der Waals surface area contributed by atoms with Gasteiger partial charge in [-0.1, -0.05) is 45.0 Å². The summed E-state index contributed by atoms with van der Waals surface area (Å²) in [6.45, 7) is 8.39. The standard InChI is InChI=1S/C28H38N4O4S/c1-5-28(10-11-28)27(36)31-22(12-17(2)3)26(35)32-15-21(33)13-23(32)25(34)29-14-19-6-8-20(9-7-19)24-18(4)30-16-37-24/h6-9,16-17,21-23,33H,5,10-15H2,1-4H3,(H,29,34)(H,31,36). The summed E-state index contributed by atoms with van der Waals surface area (Å²) >= 11 is 1.59. The number of aryl methyl sites for hydroxylation is 1. The molecule has 8 nitrogen and oxygen atoms in total. The first-order valence-electron chi connectivity index (χ1n) is 13.2. The molecule has 2 fully saturated rings. The quantitative estimate of drug-likeness (QED) is 0.439. The molecule has 3 unspecified atom stereocenters. The van der Waals surface area contributed by atoms with Gasteiger partial charge < -0.3 is 20.6 Å². The molecular weight excluding hydrogens is 488 g/mol. The highest BCUT2D eigenvalue weighted by Crippen LogP contribution is 2.48. The zero-order valence-corrected chi connectivity index (χ0v) is 22.9. The molecule has 4 rings (SSSR count). The SMILES string of the molecule is CCC1(C(=O)NC(CC(C)C)C(=O)N2CC(O)CC2C(=O)NCc2ccc(-c3scnc3C)cc2)CC1. The van der Waals surface area contributed by atoms with Crippen LogP contribution in [0.5, 0.6) is 0 Å². The number of β-amino-alcohol motifs (C(OH)–C–C–N with tert-alkyl or cyclic N) is 1. The van der Waals surface area contributed by atoms with Crippen molar-refractivity contribution in [3.63, 3.8) is 0 Å². The lowest BCUT2D eigenvalue weighted by Gasteiger charge is -2.30. The number of aliphatic hydroxyl groups excluding tert-OH is 1. The molecule has 2 aliphatic rings. The van der Waals surface area contributed by atoms with Gasteiger partial charge in [-0.15, -0.1) is 11.3 Å². The zero-order valence-electron chi connectivity index (χ0n) is 22.1. The minimum atomic E-state index is -0.776. The Bertz CT molecular complexity index is 1130. The highest BCUT2D eigenvalue weighted by Gasteiger charge is 2.49. The molecule has 0 bridgehead atoms. The van der Waals surface area contributed by atoms with E-state index in [4.69, 9.17) is 0 Å². The average molecular weight is 527 g/mol. The fraction of sp³-hybridized carbons (Fsp3) is 0.571. The van der Waals surface area contributed by atoms with E-state index in [0.717, 1.165) is 41.0 Å². The number of hydrogen-bond acceptors (Lipinski definition) is 6. The molecule has 1 aromatic heterocycles. The summed E-state index contributed by atoms with van der Waals surface area (Å²) in [7, 11) is 0. The van der Waals surface area contributed by atoms with E-state index in [1.54, 1.807) is 11.3 Å².